The van der Waals surface area contributed by atoms with Crippen molar-refractivity contribution in [3.8, 4) is 5.75 Å². The Labute approximate surface area is 118 Å². The lowest BCUT2D eigenvalue weighted by Crippen LogP contribution is -2.13. The zero-order chi connectivity index (χ0) is 14.5. The second kappa shape index (κ2) is 6.33. The van der Waals surface area contributed by atoms with Gasteiger partial charge < -0.3 is 4.74 Å². The molecule has 20 heavy (non-hydrogen) atoms. The van der Waals surface area contributed by atoms with Gasteiger partial charge in [0.25, 0.3) is 0 Å². The second-order valence-electron chi connectivity index (χ2n) is 4.71. The molecule has 0 radical (unpaired) electrons. The molecule has 1 unspecified atom stereocenters. The highest BCUT2D eigenvalue weighted by atomic mass is 19.1. The summed E-state index contributed by atoms with van der Waals surface area (Å²) in [5, 5.41) is 0. The van der Waals surface area contributed by atoms with Crippen LogP contribution in [-0.2, 0) is 11.2 Å². The normalized spacial score (nSPS) is 11.9. The van der Waals surface area contributed by atoms with Crippen LogP contribution in [0, 0.1) is 5.82 Å². The monoisotopic (exact) mass is 272 g/mol. The van der Waals surface area contributed by atoms with E-state index in [1.165, 1.54) is 7.11 Å². The van der Waals surface area contributed by atoms with E-state index in [9.17, 15) is 9.18 Å². The van der Waals surface area contributed by atoms with Crippen LogP contribution in [0.1, 0.15) is 24.0 Å². The Morgan fingerprint density at radius 2 is 1.85 bits per heavy atom. The fraction of sp³-hybridized carbons (Fsp3) is 0.235. The minimum Gasteiger partial charge on any atom is -0.494 e. The molecule has 0 aliphatic carbocycles. The van der Waals surface area contributed by atoms with Crippen molar-refractivity contribution in [3.63, 3.8) is 0 Å². The van der Waals surface area contributed by atoms with Gasteiger partial charge in [-0.3, -0.25) is 4.79 Å². The van der Waals surface area contributed by atoms with E-state index in [2.05, 4.69) is 0 Å². The van der Waals surface area contributed by atoms with Crippen LogP contribution >= 0.6 is 0 Å². The van der Waals surface area contributed by atoms with Crippen molar-refractivity contribution in [1.29, 1.82) is 0 Å². The number of methoxy groups -OCH3 is 1. The van der Waals surface area contributed by atoms with Crippen LogP contribution in [0.3, 0.4) is 0 Å². The molecule has 0 saturated heterocycles. The van der Waals surface area contributed by atoms with Gasteiger partial charge in [-0.05, 0) is 17.2 Å². The van der Waals surface area contributed by atoms with E-state index in [0.29, 0.717) is 5.56 Å². The van der Waals surface area contributed by atoms with E-state index < -0.39 is 5.82 Å². The van der Waals surface area contributed by atoms with Gasteiger partial charge >= 0.3 is 0 Å². The van der Waals surface area contributed by atoms with Crippen LogP contribution in [0.4, 0.5) is 4.39 Å². The van der Waals surface area contributed by atoms with Crippen molar-refractivity contribution in [1.82, 2.24) is 0 Å². The molecule has 0 bridgehead atoms. The number of ketones is 1. The number of carbonyl (C=O) groups excluding carboxylic acids is 1. The quantitative estimate of drug-likeness (QED) is 0.828. The zero-order valence-electron chi connectivity index (χ0n) is 11.6. The van der Waals surface area contributed by atoms with Gasteiger partial charge in [0.1, 0.15) is 5.78 Å². The Morgan fingerprint density at radius 3 is 2.50 bits per heavy atom. The van der Waals surface area contributed by atoms with Crippen molar-refractivity contribution in [2.24, 2.45) is 0 Å². The Kier molecular flexibility index (Phi) is 4.51. The van der Waals surface area contributed by atoms with E-state index in [-0.39, 0.29) is 23.9 Å². The summed E-state index contributed by atoms with van der Waals surface area (Å²) in [5.74, 6) is -0.545. The first-order valence-electron chi connectivity index (χ1n) is 6.52. The highest BCUT2D eigenvalue weighted by molar-refractivity contribution is 5.87. The standard InChI is InChI=1S/C17H17FO2/c1-12(13-7-4-3-5-8-13)15(19)11-14-9-6-10-16(20-2)17(14)18/h3-10,12H,11H2,1-2H3. The minimum atomic E-state index is -0.455. The fourth-order valence-corrected chi connectivity index (χ4v) is 2.12. The molecule has 0 N–H and O–H groups in total. The first-order valence-corrected chi connectivity index (χ1v) is 6.52. The number of rotatable bonds is 5. The van der Waals surface area contributed by atoms with Gasteiger partial charge in [0.15, 0.2) is 11.6 Å². The third-order valence-corrected chi connectivity index (χ3v) is 3.41. The van der Waals surface area contributed by atoms with Crippen molar-refractivity contribution in [3.05, 3.63) is 65.5 Å². The number of benzene rings is 2. The summed E-state index contributed by atoms with van der Waals surface area (Å²) >= 11 is 0. The highest BCUT2D eigenvalue weighted by Crippen LogP contribution is 2.23. The molecule has 0 aliphatic rings. The summed E-state index contributed by atoms with van der Waals surface area (Å²) in [7, 11) is 1.41. The molecule has 1 atom stereocenters. The molecule has 0 aromatic heterocycles. The maximum absolute atomic E-state index is 14.0. The maximum atomic E-state index is 14.0. The number of hydrogen-bond donors (Lipinski definition) is 0. The summed E-state index contributed by atoms with van der Waals surface area (Å²) in [4.78, 5) is 12.3. The van der Waals surface area contributed by atoms with E-state index in [4.69, 9.17) is 4.74 Å². The predicted molar refractivity (Wildman–Crippen MR) is 76.5 cm³/mol. The van der Waals surface area contributed by atoms with Gasteiger partial charge in [0.2, 0.25) is 0 Å². The fourth-order valence-electron chi connectivity index (χ4n) is 2.12. The third kappa shape index (κ3) is 3.05. The van der Waals surface area contributed by atoms with Crippen LogP contribution in [0.2, 0.25) is 0 Å². The molecule has 104 valence electrons. The van der Waals surface area contributed by atoms with E-state index in [1.54, 1.807) is 18.2 Å². The summed E-state index contributed by atoms with van der Waals surface area (Å²) in [5.41, 5.74) is 1.32. The van der Waals surface area contributed by atoms with Gasteiger partial charge in [0.05, 0.1) is 7.11 Å². The van der Waals surface area contributed by atoms with Crippen LogP contribution < -0.4 is 4.74 Å². The average Bonchev–Trinajstić information content (AvgIpc) is 2.49. The van der Waals surface area contributed by atoms with Crippen molar-refractivity contribution in [2.75, 3.05) is 7.11 Å². The van der Waals surface area contributed by atoms with Crippen LogP contribution in [-0.4, -0.2) is 12.9 Å². The number of halogens is 1. The second-order valence-corrected chi connectivity index (χ2v) is 4.71. The van der Waals surface area contributed by atoms with E-state index in [0.717, 1.165) is 5.56 Å². The maximum Gasteiger partial charge on any atom is 0.168 e. The molecule has 0 saturated carbocycles. The first kappa shape index (κ1) is 14.3. The van der Waals surface area contributed by atoms with Crippen LogP contribution in [0.25, 0.3) is 0 Å². The van der Waals surface area contributed by atoms with E-state index >= 15 is 0 Å². The largest absolute Gasteiger partial charge is 0.494 e. The Morgan fingerprint density at radius 1 is 1.15 bits per heavy atom. The van der Waals surface area contributed by atoms with Crippen LogP contribution in [0.15, 0.2) is 48.5 Å². The van der Waals surface area contributed by atoms with E-state index in [1.807, 2.05) is 37.3 Å². The van der Waals surface area contributed by atoms with Gasteiger partial charge in [-0.25, -0.2) is 4.39 Å². The molecule has 0 spiro atoms. The predicted octanol–water partition coefficient (Wildman–Crippen LogP) is 3.75. The average molecular weight is 272 g/mol. The molecule has 0 aliphatic heterocycles. The molecule has 3 heteroatoms. The molecule has 2 aromatic carbocycles. The molecular formula is C17H17FO2. The van der Waals surface area contributed by atoms with Crippen molar-refractivity contribution in [2.45, 2.75) is 19.3 Å². The van der Waals surface area contributed by atoms with Gasteiger partial charge in [0, 0.05) is 12.3 Å². The number of hydrogen-bond acceptors (Lipinski definition) is 2. The molecule has 2 aromatic rings. The Balaban J connectivity index is 2.16. The van der Waals surface area contributed by atoms with Gasteiger partial charge in [-0.15, -0.1) is 0 Å². The molecule has 2 nitrogen and oxygen atoms in total. The summed E-state index contributed by atoms with van der Waals surface area (Å²) in [6.45, 7) is 1.84. The Bertz CT molecular complexity index is 593. The summed E-state index contributed by atoms with van der Waals surface area (Å²) in [6.07, 6.45) is 0.0685. The molecule has 0 fully saturated rings. The topological polar surface area (TPSA) is 26.3 Å². The summed E-state index contributed by atoms with van der Waals surface area (Å²) < 4.78 is 18.9. The lowest BCUT2D eigenvalue weighted by atomic mass is 9.92. The van der Waals surface area contributed by atoms with Gasteiger partial charge in [-0.2, -0.15) is 0 Å². The summed E-state index contributed by atoms with van der Waals surface area (Å²) in [6, 6.07) is 14.4. The van der Waals surface area contributed by atoms with Crippen molar-refractivity contribution < 1.29 is 13.9 Å². The third-order valence-electron chi connectivity index (χ3n) is 3.41. The lowest BCUT2D eigenvalue weighted by Gasteiger charge is -2.12. The first-order chi connectivity index (χ1) is 9.63. The molecule has 0 heterocycles. The highest BCUT2D eigenvalue weighted by Gasteiger charge is 2.18. The molecule has 0 amide bonds. The van der Waals surface area contributed by atoms with Crippen molar-refractivity contribution >= 4 is 5.78 Å². The number of ether oxygens (including phenoxy) is 1. The smallest absolute Gasteiger partial charge is 0.168 e. The molecule has 2 rings (SSSR count). The SMILES string of the molecule is COc1cccc(CC(=O)C(C)c2ccccc2)c1F. The Hall–Kier alpha value is -2.16. The zero-order valence-corrected chi connectivity index (χ0v) is 11.6. The number of Topliss-reactive ketones (excluding diaryl/α,β-unsaturated/α-hetero) is 1. The van der Waals surface area contributed by atoms with Crippen LogP contribution in [0.5, 0.6) is 5.75 Å². The lowest BCUT2D eigenvalue weighted by molar-refractivity contribution is -0.119. The number of carbonyl (C=O) groups is 1. The minimum absolute atomic E-state index is 0.0108. The van der Waals surface area contributed by atoms with Gasteiger partial charge in [-0.1, -0.05) is 49.4 Å². The molecular weight excluding hydrogens is 255 g/mol.